The van der Waals surface area contributed by atoms with Crippen LogP contribution in [-0.2, 0) is 6.54 Å². The van der Waals surface area contributed by atoms with Crippen molar-refractivity contribution in [3.8, 4) is 5.75 Å². The number of hydrogen-bond donors (Lipinski definition) is 0. The first-order valence-corrected chi connectivity index (χ1v) is 8.13. The van der Waals surface area contributed by atoms with Gasteiger partial charge >= 0.3 is 5.97 Å². The van der Waals surface area contributed by atoms with Crippen molar-refractivity contribution < 1.29 is 9.53 Å². The molecule has 0 amide bonds. The first-order valence-electron chi connectivity index (χ1n) is 8.13. The molecule has 3 nitrogen and oxygen atoms in total. The average molecular weight is 329 g/mol. The Hall–Kier alpha value is -3.20. The molecule has 3 aromatic carbocycles. The fourth-order valence-corrected chi connectivity index (χ4v) is 2.32. The highest BCUT2D eigenvalue weighted by molar-refractivity contribution is 5.91. The van der Waals surface area contributed by atoms with Crippen LogP contribution in [0, 0.1) is 6.92 Å². The van der Waals surface area contributed by atoms with Gasteiger partial charge in [-0.15, -0.1) is 0 Å². The van der Waals surface area contributed by atoms with E-state index in [0.29, 0.717) is 17.9 Å². The molecule has 0 fully saturated rings. The lowest BCUT2D eigenvalue weighted by Crippen LogP contribution is -2.08. The van der Waals surface area contributed by atoms with Gasteiger partial charge in [-0.3, -0.25) is 4.99 Å². The summed E-state index contributed by atoms with van der Waals surface area (Å²) in [5.74, 6) is 0.163. The van der Waals surface area contributed by atoms with Crippen LogP contribution in [0.4, 0.5) is 0 Å². The van der Waals surface area contributed by atoms with Crippen molar-refractivity contribution in [3.05, 3.63) is 101 Å². The minimum absolute atomic E-state index is 0.356. The minimum atomic E-state index is -0.356. The molecule has 0 aliphatic heterocycles. The van der Waals surface area contributed by atoms with E-state index in [0.717, 1.165) is 11.1 Å². The molecule has 0 aliphatic carbocycles. The Labute approximate surface area is 147 Å². The first-order chi connectivity index (χ1) is 12.2. The summed E-state index contributed by atoms with van der Waals surface area (Å²) in [7, 11) is 0. The molecular formula is C22H19NO2. The fraction of sp³-hybridized carbons (Fsp3) is 0.0909. The Kier molecular flexibility index (Phi) is 5.37. The maximum Gasteiger partial charge on any atom is 0.343 e. The highest BCUT2D eigenvalue weighted by Crippen LogP contribution is 2.14. The minimum Gasteiger partial charge on any atom is -0.423 e. The van der Waals surface area contributed by atoms with E-state index in [1.54, 1.807) is 24.3 Å². The van der Waals surface area contributed by atoms with Gasteiger partial charge in [0.15, 0.2) is 0 Å². The Morgan fingerprint density at radius 3 is 2.28 bits per heavy atom. The molecule has 0 spiro atoms. The highest BCUT2D eigenvalue weighted by Gasteiger charge is 2.07. The van der Waals surface area contributed by atoms with Gasteiger partial charge in [-0.05, 0) is 54.4 Å². The average Bonchev–Trinajstić information content (AvgIpc) is 2.64. The molecule has 3 rings (SSSR count). The number of ether oxygens (including phenoxy) is 1. The van der Waals surface area contributed by atoms with Gasteiger partial charge in [0.25, 0.3) is 0 Å². The second-order valence-electron chi connectivity index (χ2n) is 5.78. The summed E-state index contributed by atoms with van der Waals surface area (Å²) in [4.78, 5) is 16.5. The normalized spacial score (nSPS) is 10.8. The Morgan fingerprint density at radius 2 is 1.60 bits per heavy atom. The summed E-state index contributed by atoms with van der Waals surface area (Å²) >= 11 is 0. The zero-order chi connectivity index (χ0) is 17.5. The zero-order valence-electron chi connectivity index (χ0n) is 14.1. The maximum absolute atomic E-state index is 12.1. The number of benzene rings is 3. The molecule has 0 bridgehead atoms. The predicted molar refractivity (Wildman–Crippen MR) is 100 cm³/mol. The molecule has 3 heteroatoms. The highest BCUT2D eigenvalue weighted by atomic mass is 16.5. The van der Waals surface area contributed by atoms with E-state index < -0.39 is 0 Å². The number of esters is 1. The molecule has 0 atom stereocenters. The lowest BCUT2D eigenvalue weighted by atomic mass is 10.1. The lowest BCUT2D eigenvalue weighted by Gasteiger charge is -2.05. The van der Waals surface area contributed by atoms with Crippen molar-refractivity contribution >= 4 is 12.2 Å². The van der Waals surface area contributed by atoms with Gasteiger partial charge < -0.3 is 4.74 Å². The van der Waals surface area contributed by atoms with Gasteiger partial charge in [0.1, 0.15) is 5.75 Å². The molecule has 3 aromatic rings. The third-order valence-corrected chi connectivity index (χ3v) is 3.73. The SMILES string of the molecule is Cc1ccc(C(=O)Oc2ccc(C=NCc3ccccc3)cc2)cc1. The van der Waals surface area contributed by atoms with Gasteiger partial charge in [-0.2, -0.15) is 0 Å². The van der Waals surface area contributed by atoms with E-state index in [4.69, 9.17) is 4.74 Å². The van der Waals surface area contributed by atoms with Gasteiger partial charge in [0.05, 0.1) is 12.1 Å². The molecule has 0 heterocycles. The molecule has 0 saturated carbocycles. The van der Waals surface area contributed by atoms with E-state index in [1.165, 1.54) is 5.56 Å². The summed E-state index contributed by atoms with van der Waals surface area (Å²) in [5.41, 5.74) is 3.78. The van der Waals surface area contributed by atoms with Crippen molar-refractivity contribution in [2.24, 2.45) is 4.99 Å². The number of carbonyl (C=O) groups excluding carboxylic acids is 1. The summed E-state index contributed by atoms with van der Waals surface area (Å²) in [5, 5.41) is 0. The molecule has 124 valence electrons. The van der Waals surface area contributed by atoms with E-state index in [-0.39, 0.29) is 5.97 Å². The second kappa shape index (κ2) is 8.06. The van der Waals surface area contributed by atoms with Crippen LogP contribution in [0.1, 0.15) is 27.0 Å². The van der Waals surface area contributed by atoms with Gasteiger partial charge in [0.2, 0.25) is 0 Å². The van der Waals surface area contributed by atoms with Crippen LogP contribution < -0.4 is 4.74 Å². The van der Waals surface area contributed by atoms with E-state index in [2.05, 4.69) is 4.99 Å². The smallest absolute Gasteiger partial charge is 0.343 e. The summed E-state index contributed by atoms with van der Waals surface area (Å²) in [6.07, 6.45) is 1.82. The number of hydrogen-bond acceptors (Lipinski definition) is 3. The van der Waals surface area contributed by atoms with Crippen LogP contribution in [0.3, 0.4) is 0 Å². The number of aryl methyl sites for hydroxylation is 1. The maximum atomic E-state index is 12.1. The molecule has 0 saturated heterocycles. The lowest BCUT2D eigenvalue weighted by molar-refractivity contribution is 0.0735. The standard InChI is InChI=1S/C22H19NO2/c1-17-7-11-20(12-8-17)22(24)25-21-13-9-19(10-14-21)16-23-15-18-5-3-2-4-6-18/h2-14,16H,15H2,1H3. The Morgan fingerprint density at radius 1 is 0.920 bits per heavy atom. The summed E-state index contributed by atoms with van der Waals surface area (Å²) < 4.78 is 5.39. The molecule has 0 radical (unpaired) electrons. The van der Waals surface area contributed by atoms with Crippen LogP contribution in [0.25, 0.3) is 0 Å². The topological polar surface area (TPSA) is 38.7 Å². The van der Waals surface area contributed by atoms with E-state index >= 15 is 0 Å². The van der Waals surface area contributed by atoms with Gasteiger partial charge in [-0.25, -0.2) is 4.79 Å². The van der Waals surface area contributed by atoms with Crippen LogP contribution >= 0.6 is 0 Å². The largest absolute Gasteiger partial charge is 0.423 e. The van der Waals surface area contributed by atoms with Crippen molar-refractivity contribution in [2.45, 2.75) is 13.5 Å². The Balaban J connectivity index is 1.58. The number of carbonyl (C=O) groups is 1. The molecule has 25 heavy (non-hydrogen) atoms. The Bertz CT molecular complexity index is 851. The van der Waals surface area contributed by atoms with Crippen LogP contribution in [0.5, 0.6) is 5.75 Å². The molecule has 0 aromatic heterocycles. The van der Waals surface area contributed by atoms with Crippen LogP contribution in [-0.4, -0.2) is 12.2 Å². The van der Waals surface area contributed by atoms with Crippen LogP contribution in [0.15, 0.2) is 83.9 Å². The monoisotopic (exact) mass is 329 g/mol. The third kappa shape index (κ3) is 4.88. The molecular weight excluding hydrogens is 310 g/mol. The van der Waals surface area contributed by atoms with Gasteiger partial charge in [0, 0.05) is 6.21 Å². The first kappa shape index (κ1) is 16.7. The van der Waals surface area contributed by atoms with E-state index in [1.807, 2.05) is 67.7 Å². The quantitative estimate of drug-likeness (QED) is 0.382. The van der Waals surface area contributed by atoms with Crippen molar-refractivity contribution in [1.29, 1.82) is 0 Å². The molecule has 0 aliphatic rings. The van der Waals surface area contributed by atoms with Crippen molar-refractivity contribution in [1.82, 2.24) is 0 Å². The zero-order valence-corrected chi connectivity index (χ0v) is 14.1. The van der Waals surface area contributed by atoms with Gasteiger partial charge in [-0.1, -0.05) is 48.0 Å². The summed E-state index contributed by atoms with van der Waals surface area (Å²) in [6, 6.07) is 24.7. The predicted octanol–water partition coefficient (Wildman–Crippen LogP) is 4.83. The third-order valence-electron chi connectivity index (χ3n) is 3.73. The summed E-state index contributed by atoms with van der Waals surface area (Å²) in [6.45, 7) is 2.62. The molecule has 0 unspecified atom stereocenters. The second-order valence-corrected chi connectivity index (χ2v) is 5.78. The van der Waals surface area contributed by atoms with Crippen molar-refractivity contribution in [3.63, 3.8) is 0 Å². The molecule has 0 N–H and O–H groups in total. The number of rotatable bonds is 5. The number of aliphatic imine (C=N–C) groups is 1. The number of nitrogens with zero attached hydrogens (tertiary/aromatic N) is 1. The van der Waals surface area contributed by atoms with E-state index in [9.17, 15) is 4.79 Å². The van der Waals surface area contributed by atoms with Crippen LogP contribution in [0.2, 0.25) is 0 Å². The fourth-order valence-electron chi connectivity index (χ4n) is 2.32. The van der Waals surface area contributed by atoms with Crippen molar-refractivity contribution in [2.75, 3.05) is 0 Å².